The van der Waals surface area contributed by atoms with E-state index in [1.165, 1.54) is 12.8 Å². The molecule has 0 aromatic heterocycles. The van der Waals surface area contributed by atoms with E-state index >= 15 is 0 Å². The van der Waals surface area contributed by atoms with Gasteiger partial charge in [0.15, 0.2) is 23.0 Å². The van der Waals surface area contributed by atoms with Crippen LogP contribution in [0.15, 0.2) is 30.3 Å². The fraction of sp³-hybridized carbons (Fsp3) is 0.519. The molecule has 0 bridgehead atoms. The number of rotatable bonds is 7. The molecule has 1 fully saturated rings. The average Bonchev–Trinajstić information content (AvgIpc) is 3.09. The van der Waals surface area contributed by atoms with Gasteiger partial charge in [-0.2, -0.15) is 0 Å². The van der Waals surface area contributed by atoms with Gasteiger partial charge in [-0.05, 0) is 61.8 Å². The van der Waals surface area contributed by atoms with Crippen molar-refractivity contribution in [1.29, 1.82) is 0 Å². The molecule has 0 spiro atoms. The standard InChI is InChI=1S/C27H36N2O5/c1-5-26(30)29-12-13-33-27-21(17-29)14-20(19-9-10-23(31-3)24(15-19)32-4)16-25(27)34-18-22-8-6-7-11-28(22)2/h9-10,14-16,22H,5-8,11-13,17-18H2,1-4H3/t22-/m0/s1. The molecule has 2 aliphatic rings. The zero-order valence-electron chi connectivity index (χ0n) is 20.8. The molecule has 4 rings (SSSR count). The number of ether oxygens (including phenoxy) is 4. The first-order valence-corrected chi connectivity index (χ1v) is 12.2. The molecule has 1 amide bonds. The topological polar surface area (TPSA) is 60.5 Å². The van der Waals surface area contributed by atoms with Crippen LogP contribution in [0, 0.1) is 0 Å². The SMILES string of the molecule is CCC(=O)N1CCOc2c(cc(-c3ccc(OC)c(OC)c3)cc2OC[C@@H]2CCCCN2C)C1. The van der Waals surface area contributed by atoms with Crippen molar-refractivity contribution in [1.82, 2.24) is 9.80 Å². The molecule has 2 heterocycles. The van der Waals surface area contributed by atoms with Gasteiger partial charge in [0.1, 0.15) is 13.2 Å². The van der Waals surface area contributed by atoms with Crippen molar-refractivity contribution in [3.05, 3.63) is 35.9 Å². The second-order valence-electron chi connectivity index (χ2n) is 8.99. The van der Waals surface area contributed by atoms with Crippen molar-refractivity contribution in [2.24, 2.45) is 0 Å². The van der Waals surface area contributed by atoms with Gasteiger partial charge < -0.3 is 28.7 Å². The minimum atomic E-state index is 0.124. The second-order valence-corrected chi connectivity index (χ2v) is 8.99. The number of likely N-dealkylation sites (tertiary alicyclic amines) is 1. The highest BCUT2D eigenvalue weighted by atomic mass is 16.5. The molecule has 0 unspecified atom stereocenters. The summed E-state index contributed by atoms with van der Waals surface area (Å²) in [5, 5.41) is 0. The third-order valence-corrected chi connectivity index (χ3v) is 6.83. The van der Waals surface area contributed by atoms with Crippen LogP contribution in [0.2, 0.25) is 0 Å². The second kappa shape index (κ2) is 11.0. The Labute approximate surface area is 202 Å². The molecule has 1 atom stereocenters. The molecule has 34 heavy (non-hydrogen) atoms. The monoisotopic (exact) mass is 468 g/mol. The van der Waals surface area contributed by atoms with Crippen molar-refractivity contribution in [3.63, 3.8) is 0 Å². The van der Waals surface area contributed by atoms with Crippen molar-refractivity contribution >= 4 is 5.91 Å². The van der Waals surface area contributed by atoms with E-state index in [0.29, 0.717) is 50.3 Å². The van der Waals surface area contributed by atoms with E-state index in [0.717, 1.165) is 41.2 Å². The van der Waals surface area contributed by atoms with Crippen molar-refractivity contribution in [2.45, 2.75) is 45.2 Å². The number of amides is 1. The van der Waals surface area contributed by atoms with Crippen LogP contribution in [0.3, 0.4) is 0 Å². The van der Waals surface area contributed by atoms with Crippen LogP contribution in [-0.2, 0) is 11.3 Å². The minimum Gasteiger partial charge on any atom is -0.493 e. The largest absolute Gasteiger partial charge is 0.493 e. The summed E-state index contributed by atoms with van der Waals surface area (Å²) in [5.41, 5.74) is 2.93. The molecule has 2 aliphatic heterocycles. The summed E-state index contributed by atoms with van der Waals surface area (Å²) in [6.45, 7) is 5.13. The third kappa shape index (κ3) is 5.25. The van der Waals surface area contributed by atoms with E-state index in [1.807, 2.05) is 36.1 Å². The maximum absolute atomic E-state index is 12.5. The van der Waals surface area contributed by atoms with Crippen LogP contribution in [0.5, 0.6) is 23.0 Å². The van der Waals surface area contributed by atoms with Gasteiger partial charge in [0.2, 0.25) is 5.91 Å². The Morgan fingerprint density at radius 3 is 2.56 bits per heavy atom. The third-order valence-electron chi connectivity index (χ3n) is 6.83. The molecule has 2 aromatic rings. The van der Waals surface area contributed by atoms with Gasteiger partial charge in [-0.15, -0.1) is 0 Å². The summed E-state index contributed by atoms with van der Waals surface area (Å²) in [5.74, 6) is 2.95. The zero-order valence-corrected chi connectivity index (χ0v) is 20.8. The highest BCUT2D eigenvalue weighted by molar-refractivity contribution is 5.77. The molecular weight excluding hydrogens is 432 g/mol. The fourth-order valence-electron chi connectivity index (χ4n) is 4.75. The molecule has 2 aromatic carbocycles. The zero-order chi connectivity index (χ0) is 24.1. The molecule has 0 N–H and O–H groups in total. The number of hydrogen-bond acceptors (Lipinski definition) is 6. The number of fused-ring (bicyclic) bond motifs is 1. The first kappa shape index (κ1) is 24.2. The summed E-state index contributed by atoms with van der Waals surface area (Å²) in [6, 6.07) is 10.4. The highest BCUT2D eigenvalue weighted by Crippen LogP contribution is 2.41. The number of nitrogens with zero attached hydrogens (tertiary/aromatic N) is 2. The number of carbonyl (C=O) groups is 1. The van der Waals surface area contributed by atoms with Crippen molar-refractivity contribution in [2.75, 3.05) is 47.6 Å². The molecule has 7 heteroatoms. The molecule has 0 radical (unpaired) electrons. The first-order valence-electron chi connectivity index (χ1n) is 12.2. The normalized spacial score (nSPS) is 18.5. The Balaban J connectivity index is 1.71. The van der Waals surface area contributed by atoms with Gasteiger partial charge in [0.25, 0.3) is 0 Å². The Morgan fingerprint density at radius 2 is 1.82 bits per heavy atom. The average molecular weight is 469 g/mol. The van der Waals surface area contributed by atoms with Crippen LogP contribution in [0.25, 0.3) is 11.1 Å². The predicted molar refractivity (Wildman–Crippen MR) is 132 cm³/mol. The Kier molecular flexibility index (Phi) is 7.83. The number of benzene rings is 2. The molecule has 0 aliphatic carbocycles. The van der Waals surface area contributed by atoms with E-state index < -0.39 is 0 Å². The lowest BCUT2D eigenvalue weighted by molar-refractivity contribution is -0.131. The predicted octanol–water partition coefficient (Wildman–Crippen LogP) is 4.36. The van der Waals surface area contributed by atoms with Crippen molar-refractivity contribution in [3.8, 4) is 34.1 Å². The van der Waals surface area contributed by atoms with E-state index in [2.05, 4.69) is 18.0 Å². The van der Waals surface area contributed by atoms with Gasteiger partial charge in [-0.3, -0.25) is 4.79 Å². The van der Waals surface area contributed by atoms with E-state index in [1.54, 1.807) is 14.2 Å². The Bertz CT molecular complexity index is 1010. The number of hydrogen-bond donors (Lipinski definition) is 0. The van der Waals surface area contributed by atoms with E-state index in [9.17, 15) is 4.79 Å². The number of piperidine rings is 1. The summed E-state index contributed by atoms with van der Waals surface area (Å²) < 4.78 is 23.5. The molecule has 7 nitrogen and oxygen atoms in total. The van der Waals surface area contributed by atoms with Gasteiger partial charge in [-0.25, -0.2) is 0 Å². The minimum absolute atomic E-state index is 0.124. The maximum Gasteiger partial charge on any atom is 0.222 e. The molecule has 1 saturated heterocycles. The van der Waals surface area contributed by atoms with Crippen molar-refractivity contribution < 1.29 is 23.7 Å². The summed E-state index contributed by atoms with van der Waals surface area (Å²) in [6.07, 6.45) is 4.07. The van der Waals surface area contributed by atoms with Gasteiger partial charge >= 0.3 is 0 Å². The lowest BCUT2D eigenvalue weighted by Crippen LogP contribution is -2.40. The number of likely N-dealkylation sites (N-methyl/N-ethyl adjacent to an activating group) is 1. The summed E-state index contributed by atoms with van der Waals surface area (Å²) in [4.78, 5) is 16.7. The van der Waals surface area contributed by atoms with E-state index in [4.69, 9.17) is 18.9 Å². The van der Waals surface area contributed by atoms with Crippen LogP contribution < -0.4 is 18.9 Å². The Hall–Kier alpha value is -2.93. The van der Waals surface area contributed by atoms with Crippen LogP contribution in [-0.4, -0.2) is 69.3 Å². The molecule has 184 valence electrons. The van der Waals surface area contributed by atoms with E-state index in [-0.39, 0.29) is 5.91 Å². The quantitative estimate of drug-likeness (QED) is 0.602. The van der Waals surface area contributed by atoms with Gasteiger partial charge in [0.05, 0.1) is 20.8 Å². The summed E-state index contributed by atoms with van der Waals surface area (Å²) >= 11 is 0. The van der Waals surface area contributed by atoms with Crippen LogP contribution in [0.1, 0.15) is 38.2 Å². The molecular formula is C27H36N2O5. The molecule has 0 saturated carbocycles. The fourth-order valence-corrected chi connectivity index (χ4v) is 4.75. The Morgan fingerprint density at radius 1 is 1.03 bits per heavy atom. The lowest BCUT2D eigenvalue weighted by atomic mass is 10.0. The number of carbonyl (C=O) groups excluding carboxylic acids is 1. The first-order chi connectivity index (χ1) is 16.5. The van der Waals surface area contributed by atoms with Crippen LogP contribution in [0.4, 0.5) is 0 Å². The maximum atomic E-state index is 12.5. The lowest BCUT2D eigenvalue weighted by Gasteiger charge is -2.32. The highest BCUT2D eigenvalue weighted by Gasteiger charge is 2.25. The number of methoxy groups -OCH3 is 2. The summed E-state index contributed by atoms with van der Waals surface area (Å²) in [7, 11) is 5.43. The van der Waals surface area contributed by atoms with Gasteiger partial charge in [0, 0.05) is 24.6 Å². The van der Waals surface area contributed by atoms with Gasteiger partial charge in [-0.1, -0.05) is 19.4 Å². The van der Waals surface area contributed by atoms with Crippen LogP contribution >= 0.6 is 0 Å². The smallest absolute Gasteiger partial charge is 0.222 e.